The minimum absolute atomic E-state index is 0.0285. The van der Waals surface area contributed by atoms with E-state index < -0.39 is 29.0 Å². The van der Waals surface area contributed by atoms with E-state index in [4.69, 9.17) is 19.7 Å². The molecule has 3 aromatic carbocycles. The van der Waals surface area contributed by atoms with Crippen molar-refractivity contribution in [2.75, 3.05) is 6.61 Å². The van der Waals surface area contributed by atoms with Crippen LogP contribution in [-0.2, 0) is 23.3 Å². The molecule has 2 aliphatic heterocycles. The Balaban J connectivity index is 1.18. The fraction of sp³-hybridized carbons (Fsp3) is 0.212. The van der Waals surface area contributed by atoms with Gasteiger partial charge < -0.3 is 19.1 Å². The van der Waals surface area contributed by atoms with Gasteiger partial charge in [-0.3, -0.25) is 0 Å². The fourth-order valence-corrected chi connectivity index (χ4v) is 6.07. The summed E-state index contributed by atoms with van der Waals surface area (Å²) < 4.78 is 58.7. The lowest BCUT2D eigenvalue weighted by molar-refractivity contribution is 0.0696. The number of hydrogen-bond donors (Lipinski definition) is 1. The molecular formula is C33H23F3N4O4. The highest BCUT2D eigenvalue weighted by Gasteiger charge is 2.54. The number of ether oxygens (including phenoxy) is 2. The number of imidazole rings is 1. The summed E-state index contributed by atoms with van der Waals surface area (Å²) in [5.74, 6) is -2.46. The molecule has 1 saturated carbocycles. The molecule has 1 aliphatic carbocycles. The predicted molar refractivity (Wildman–Crippen MR) is 151 cm³/mol. The Kier molecular flexibility index (Phi) is 6.59. The standard InChI is InChI=1S/C33H23F3N4O4/c34-24-8-18(15-37)4-5-20(24)16-43-31-3-1-2-27(39-31)23-12-25(35)21(9-26(23)36)11-30-38-28-7-6-19(32(41)42)10-29(28)40(30)33-13-22(14-33)44-17-33/h1-10,12,22H,11,13-14,16-17H2,(H,41,42). The molecule has 0 spiro atoms. The van der Waals surface area contributed by atoms with Crippen LogP contribution < -0.4 is 4.74 Å². The lowest BCUT2D eigenvalue weighted by atomic mass is 9.77. The maximum absolute atomic E-state index is 15.6. The zero-order valence-corrected chi connectivity index (χ0v) is 23.1. The SMILES string of the molecule is N#Cc1ccc(COc2cccc(-c3cc(F)c(Cc4nc5ccc(C(=O)O)cc5n4C45COC(C4)C5)cc3F)n2)c(F)c1. The molecule has 11 heteroatoms. The minimum Gasteiger partial charge on any atom is -0.478 e. The summed E-state index contributed by atoms with van der Waals surface area (Å²) in [4.78, 5) is 20.7. The second-order valence-electron chi connectivity index (χ2n) is 11.1. The van der Waals surface area contributed by atoms with Gasteiger partial charge in [-0.2, -0.15) is 5.26 Å². The van der Waals surface area contributed by atoms with Crippen LogP contribution in [0.2, 0.25) is 0 Å². The Morgan fingerprint density at radius 2 is 1.84 bits per heavy atom. The van der Waals surface area contributed by atoms with Gasteiger partial charge in [0.2, 0.25) is 5.88 Å². The number of aromatic carboxylic acids is 1. The van der Waals surface area contributed by atoms with Crippen molar-refractivity contribution >= 4 is 17.0 Å². The van der Waals surface area contributed by atoms with Gasteiger partial charge >= 0.3 is 5.97 Å². The summed E-state index contributed by atoms with van der Waals surface area (Å²) >= 11 is 0. The first-order valence-electron chi connectivity index (χ1n) is 13.9. The van der Waals surface area contributed by atoms with Crippen LogP contribution in [0, 0.1) is 28.8 Å². The highest BCUT2D eigenvalue weighted by molar-refractivity contribution is 5.92. The molecule has 220 valence electrons. The number of pyridine rings is 1. The summed E-state index contributed by atoms with van der Waals surface area (Å²) in [5, 5.41) is 18.5. The number of carbonyl (C=O) groups is 1. The number of nitrogens with zero attached hydrogens (tertiary/aromatic N) is 4. The van der Waals surface area contributed by atoms with Crippen LogP contribution in [0.5, 0.6) is 5.88 Å². The number of benzene rings is 3. The minimum atomic E-state index is -1.07. The van der Waals surface area contributed by atoms with E-state index in [2.05, 4.69) is 4.98 Å². The second kappa shape index (κ2) is 10.5. The summed E-state index contributed by atoms with van der Waals surface area (Å²) in [6, 6.07) is 17.3. The van der Waals surface area contributed by atoms with Gasteiger partial charge in [-0.15, -0.1) is 0 Å². The van der Waals surface area contributed by atoms with Crippen molar-refractivity contribution in [3.8, 4) is 23.2 Å². The molecule has 8 rings (SSSR count). The third-order valence-corrected chi connectivity index (χ3v) is 8.29. The number of halogens is 3. The maximum atomic E-state index is 15.6. The van der Waals surface area contributed by atoms with Crippen LogP contribution in [-0.4, -0.2) is 38.3 Å². The molecule has 3 fully saturated rings. The number of fused-ring (bicyclic) bond motifs is 2. The normalized spacial score (nSPS) is 18.6. The molecule has 0 atom stereocenters. The Hall–Kier alpha value is -5.21. The molecule has 0 radical (unpaired) electrons. The van der Waals surface area contributed by atoms with Crippen molar-refractivity contribution in [3.05, 3.63) is 112 Å². The van der Waals surface area contributed by atoms with E-state index in [9.17, 15) is 14.3 Å². The van der Waals surface area contributed by atoms with Gasteiger partial charge in [-0.1, -0.05) is 12.1 Å². The summed E-state index contributed by atoms with van der Waals surface area (Å²) in [6.45, 7) is 0.261. The van der Waals surface area contributed by atoms with E-state index in [-0.39, 0.29) is 58.5 Å². The topological polar surface area (TPSA) is 110 Å². The van der Waals surface area contributed by atoms with Crippen molar-refractivity contribution in [2.24, 2.45) is 0 Å². The molecule has 2 saturated heterocycles. The van der Waals surface area contributed by atoms with Crippen LogP contribution in [0.1, 0.15) is 45.7 Å². The van der Waals surface area contributed by atoms with Crippen LogP contribution in [0.15, 0.2) is 66.7 Å². The first kappa shape index (κ1) is 27.6. The number of carboxylic acids is 1. The second-order valence-corrected chi connectivity index (χ2v) is 11.1. The van der Waals surface area contributed by atoms with Crippen LogP contribution in [0.4, 0.5) is 13.2 Å². The van der Waals surface area contributed by atoms with E-state index in [0.717, 1.165) is 31.0 Å². The van der Waals surface area contributed by atoms with E-state index in [0.29, 0.717) is 23.5 Å². The van der Waals surface area contributed by atoms with Gasteiger partial charge in [0.15, 0.2) is 0 Å². The molecule has 0 amide bonds. The average Bonchev–Trinajstić information content (AvgIpc) is 3.71. The maximum Gasteiger partial charge on any atom is 0.335 e. The van der Waals surface area contributed by atoms with Crippen LogP contribution in [0.3, 0.4) is 0 Å². The molecule has 8 nitrogen and oxygen atoms in total. The smallest absolute Gasteiger partial charge is 0.335 e. The zero-order chi connectivity index (χ0) is 30.6. The quantitative estimate of drug-likeness (QED) is 0.229. The van der Waals surface area contributed by atoms with Gasteiger partial charge in [0.1, 0.15) is 29.9 Å². The van der Waals surface area contributed by atoms with Gasteiger partial charge in [0.05, 0.1) is 52.2 Å². The molecule has 2 aromatic heterocycles. The predicted octanol–water partition coefficient (Wildman–Crippen LogP) is 6.14. The van der Waals surface area contributed by atoms with Crippen molar-refractivity contribution in [3.63, 3.8) is 0 Å². The third-order valence-electron chi connectivity index (χ3n) is 8.29. The molecule has 3 aliphatic rings. The zero-order valence-electron chi connectivity index (χ0n) is 23.1. The first-order chi connectivity index (χ1) is 21.2. The Labute approximate surface area is 248 Å². The highest BCUT2D eigenvalue weighted by atomic mass is 19.1. The summed E-state index contributed by atoms with van der Waals surface area (Å²) in [5.41, 5.74) is 1.40. The Morgan fingerprint density at radius 1 is 1.02 bits per heavy atom. The summed E-state index contributed by atoms with van der Waals surface area (Å²) in [6.07, 6.45) is 1.56. The van der Waals surface area contributed by atoms with Crippen molar-refractivity contribution < 1.29 is 32.5 Å². The number of nitriles is 1. The summed E-state index contributed by atoms with van der Waals surface area (Å²) in [7, 11) is 0. The molecule has 1 N–H and O–H groups in total. The van der Waals surface area contributed by atoms with Crippen LogP contribution in [0.25, 0.3) is 22.3 Å². The number of carboxylic acid groups (broad SMARTS) is 1. The van der Waals surface area contributed by atoms with E-state index >= 15 is 8.78 Å². The van der Waals surface area contributed by atoms with Gasteiger partial charge in [-0.25, -0.2) is 27.9 Å². The lowest BCUT2D eigenvalue weighted by Crippen LogP contribution is -2.43. The largest absolute Gasteiger partial charge is 0.478 e. The monoisotopic (exact) mass is 596 g/mol. The molecule has 0 unspecified atom stereocenters. The molecule has 2 bridgehead atoms. The van der Waals surface area contributed by atoms with E-state index in [1.165, 1.54) is 30.3 Å². The van der Waals surface area contributed by atoms with Crippen molar-refractivity contribution in [1.29, 1.82) is 5.26 Å². The molecule has 4 heterocycles. The Morgan fingerprint density at radius 3 is 2.57 bits per heavy atom. The molecule has 44 heavy (non-hydrogen) atoms. The van der Waals surface area contributed by atoms with Crippen LogP contribution >= 0.6 is 0 Å². The first-order valence-corrected chi connectivity index (χ1v) is 13.9. The number of hydrogen-bond acceptors (Lipinski definition) is 6. The highest BCUT2D eigenvalue weighted by Crippen LogP contribution is 2.50. The van der Waals surface area contributed by atoms with Crippen molar-refractivity contribution in [1.82, 2.24) is 14.5 Å². The lowest BCUT2D eigenvalue weighted by Gasteiger charge is -2.38. The molecule has 5 aromatic rings. The Bertz CT molecular complexity index is 2010. The van der Waals surface area contributed by atoms with Gasteiger partial charge in [-0.05, 0) is 66.9 Å². The fourth-order valence-electron chi connectivity index (χ4n) is 6.07. The van der Waals surface area contributed by atoms with E-state index in [1.807, 2.05) is 10.6 Å². The average molecular weight is 597 g/mol. The number of rotatable bonds is 8. The molecular weight excluding hydrogens is 573 g/mol. The van der Waals surface area contributed by atoms with Gasteiger partial charge in [0, 0.05) is 23.6 Å². The van der Waals surface area contributed by atoms with Crippen molar-refractivity contribution in [2.45, 2.75) is 37.5 Å². The van der Waals surface area contributed by atoms with E-state index in [1.54, 1.807) is 18.2 Å². The third kappa shape index (κ3) is 4.73. The van der Waals surface area contributed by atoms with Gasteiger partial charge in [0.25, 0.3) is 0 Å². The number of aromatic nitrogens is 3.